The number of hydrogen-bond donors (Lipinski definition) is 1. The van der Waals surface area contributed by atoms with Crippen molar-refractivity contribution in [1.82, 2.24) is 4.90 Å². The minimum Gasteiger partial charge on any atom is -0.328 e. The van der Waals surface area contributed by atoms with Crippen molar-refractivity contribution in [2.24, 2.45) is 0 Å². The van der Waals surface area contributed by atoms with Crippen LogP contribution >= 0.6 is 22.9 Å². The van der Waals surface area contributed by atoms with Gasteiger partial charge in [-0.05, 0) is 31.2 Å². The summed E-state index contributed by atoms with van der Waals surface area (Å²) in [7, 11) is 0. The quantitative estimate of drug-likeness (QED) is 0.846. The van der Waals surface area contributed by atoms with E-state index in [4.69, 9.17) is 11.6 Å². The molecule has 1 fully saturated rings. The molecule has 1 aliphatic rings. The summed E-state index contributed by atoms with van der Waals surface area (Å²) < 4.78 is 0. The number of benzene rings is 1. The molecule has 1 aromatic carbocycles. The van der Waals surface area contributed by atoms with Gasteiger partial charge in [-0.2, -0.15) is 0 Å². The van der Waals surface area contributed by atoms with Crippen LogP contribution in [0, 0.1) is 0 Å². The summed E-state index contributed by atoms with van der Waals surface area (Å²) in [5, 5.41) is 0.764. The molecule has 3 rings (SSSR count). The molecular weight excluding hydrogens is 344 g/mol. The second-order valence-electron chi connectivity index (χ2n) is 6.07. The fourth-order valence-corrected chi connectivity index (χ4v) is 4.02. The Morgan fingerprint density at radius 2 is 1.88 bits per heavy atom. The topological polar surface area (TPSA) is 41.8 Å². The van der Waals surface area contributed by atoms with Crippen LogP contribution in [-0.2, 0) is 6.54 Å². The summed E-state index contributed by atoms with van der Waals surface area (Å²) in [4.78, 5) is 28.5. The molecular formula is C18H20ClN2O2S+. The number of carbonyl (C=O) groups excluding carboxylic acids is 2. The lowest BCUT2D eigenvalue weighted by molar-refractivity contribution is -0.917. The number of ketones is 1. The number of piperazine rings is 1. The smallest absolute Gasteiger partial charge is 0.264 e. The molecule has 0 bridgehead atoms. The number of rotatable bonds is 4. The van der Waals surface area contributed by atoms with Gasteiger partial charge in [0.15, 0.2) is 5.78 Å². The van der Waals surface area contributed by atoms with Gasteiger partial charge >= 0.3 is 0 Å². The van der Waals surface area contributed by atoms with Crippen molar-refractivity contribution in [3.05, 3.63) is 56.7 Å². The van der Waals surface area contributed by atoms with Crippen LogP contribution in [0.4, 0.5) is 0 Å². The molecule has 2 aromatic rings. The van der Waals surface area contributed by atoms with E-state index in [-0.39, 0.29) is 11.7 Å². The third-order valence-electron chi connectivity index (χ3n) is 4.26. The van der Waals surface area contributed by atoms with Gasteiger partial charge in [0.05, 0.1) is 35.9 Å². The van der Waals surface area contributed by atoms with Crippen molar-refractivity contribution < 1.29 is 14.5 Å². The number of thiophene rings is 1. The Labute approximate surface area is 150 Å². The molecule has 0 unspecified atom stereocenters. The number of quaternary nitrogens is 1. The van der Waals surface area contributed by atoms with Gasteiger partial charge in [0.25, 0.3) is 5.91 Å². The van der Waals surface area contributed by atoms with E-state index in [9.17, 15) is 9.59 Å². The zero-order valence-electron chi connectivity index (χ0n) is 13.5. The lowest BCUT2D eigenvalue weighted by Gasteiger charge is -2.32. The first-order chi connectivity index (χ1) is 11.5. The highest BCUT2D eigenvalue weighted by Gasteiger charge is 2.25. The highest BCUT2D eigenvalue weighted by atomic mass is 35.5. The van der Waals surface area contributed by atoms with Crippen LogP contribution in [0.3, 0.4) is 0 Å². The van der Waals surface area contributed by atoms with Crippen molar-refractivity contribution in [2.75, 3.05) is 26.2 Å². The van der Waals surface area contributed by atoms with Crippen LogP contribution < -0.4 is 4.90 Å². The molecule has 0 spiro atoms. The minimum absolute atomic E-state index is 0.00911. The first kappa shape index (κ1) is 17.1. The van der Waals surface area contributed by atoms with E-state index >= 15 is 0 Å². The van der Waals surface area contributed by atoms with Gasteiger partial charge in [0.2, 0.25) is 0 Å². The Balaban J connectivity index is 1.56. The molecule has 0 saturated carbocycles. The Morgan fingerprint density at radius 1 is 1.17 bits per heavy atom. The highest BCUT2D eigenvalue weighted by molar-refractivity contribution is 7.15. The molecule has 2 heterocycles. The van der Waals surface area contributed by atoms with Gasteiger partial charge in [-0.1, -0.05) is 23.7 Å². The summed E-state index contributed by atoms with van der Waals surface area (Å²) >= 11 is 7.32. The zero-order chi connectivity index (χ0) is 17.1. The molecule has 126 valence electrons. The predicted octanol–water partition coefficient (Wildman–Crippen LogP) is 2.15. The third-order valence-corrected chi connectivity index (χ3v) is 5.67. The molecule has 0 aliphatic carbocycles. The monoisotopic (exact) mass is 363 g/mol. The van der Waals surface area contributed by atoms with Crippen LogP contribution in [0.1, 0.15) is 31.8 Å². The number of amides is 1. The first-order valence-corrected chi connectivity index (χ1v) is 9.20. The molecule has 0 radical (unpaired) electrons. The molecule has 0 atom stereocenters. The molecule has 1 aliphatic heterocycles. The summed E-state index contributed by atoms with van der Waals surface area (Å²) in [6, 6.07) is 11.4. The van der Waals surface area contributed by atoms with Crippen molar-refractivity contribution in [3.63, 3.8) is 0 Å². The molecule has 1 N–H and O–H groups in total. The maximum Gasteiger partial charge on any atom is 0.264 e. The van der Waals surface area contributed by atoms with E-state index in [0.29, 0.717) is 9.75 Å². The SMILES string of the molecule is CC(=O)c1ccc(C(=O)N2CC[NH+](Cc3cccc(Cl)c3)CC2)s1. The van der Waals surface area contributed by atoms with E-state index in [0.717, 1.165) is 37.7 Å². The fraction of sp³-hybridized carbons (Fsp3) is 0.333. The second kappa shape index (κ2) is 7.47. The number of hydrogen-bond acceptors (Lipinski definition) is 3. The number of carbonyl (C=O) groups is 2. The fourth-order valence-electron chi connectivity index (χ4n) is 2.94. The molecule has 1 aromatic heterocycles. The van der Waals surface area contributed by atoms with Crippen LogP contribution in [0.2, 0.25) is 5.02 Å². The van der Waals surface area contributed by atoms with Gasteiger partial charge in [0, 0.05) is 10.6 Å². The molecule has 24 heavy (non-hydrogen) atoms. The summed E-state index contributed by atoms with van der Waals surface area (Å²) in [5.74, 6) is 0.0455. The highest BCUT2D eigenvalue weighted by Crippen LogP contribution is 2.19. The number of Topliss-reactive ketones (excluding diaryl/α,β-unsaturated/α-hetero) is 1. The molecule has 1 saturated heterocycles. The van der Waals surface area contributed by atoms with Gasteiger partial charge in [-0.15, -0.1) is 11.3 Å². The van der Waals surface area contributed by atoms with Gasteiger partial charge in [-0.3, -0.25) is 9.59 Å². The maximum absolute atomic E-state index is 12.5. The Hall–Kier alpha value is -1.69. The minimum atomic E-state index is 0.00911. The summed E-state index contributed by atoms with van der Waals surface area (Å²) in [6.07, 6.45) is 0. The summed E-state index contributed by atoms with van der Waals surface area (Å²) in [5.41, 5.74) is 1.22. The van der Waals surface area contributed by atoms with Crippen molar-refractivity contribution in [2.45, 2.75) is 13.5 Å². The Morgan fingerprint density at radius 3 is 2.50 bits per heavy atom. The average molecular weight is 364 g/mol. The lowest BCUT2D eigenvalue weighted by atomic mass is 10.2. The molecule has 4 nitrogen and oxygen atoms in total. The van der Waals surface area contributed by atoms with Crippen LogP contribution in [0.25, 0.3) is 0 Å². The number of nitrogens with zero attached hydrogens (tertiary/aromatic N) is 1. The second-order valence-corrected chi connectivity index (χ2v) is 7.59. The van der Waals surface area contributed by atoms with E-state index in [1.165, 1.54) is 28.7 Å². The normalized spacial score (nSPS) is 15.5. The van der Waals surface area contributed by atoms with Crippen molar-refractivity contribution >= 4 is 34.6 Å². The summed E-state index contributed by atoms with van der Waals surface area (Å²) in [6.45, 7) is 5.77. The van der Waals surface area contributed by atoms with E-state index < -0.39 is 0 Å². The predicted molar refractivity (Wildman–Crippen MR) is 96.1 cm³/mol. The van der Waals surface area contributed by atoms with Crippen molar-refractivity contribution in [3.8, 4) is 0 Å². The Kier molecular flexibility index (Phi) is 5.33. The first-order valence-electron chi connectivity index (χ1n) is 8.01. The molecule has 6 heteroatoms. The third kappa shape index (κ3) is 4.04. The van der Waals surface area contributed by atoms with Gasteiger partial charge in [-0.25, -0.2) is 0 Å². The standard InChI is InChI=1S/C18H19ClN2O2S/c1-13(22)16-5-6-17(24-16)18(23)21-9-7-20(8-10-21)12-14-3-2-4-15(19)11-14/h2-6,11H,7-10,12H2,1H3/p+1. The van der Waals surface area contributed by atoms with Crippen LogP contribution in [0.15, 0.2) is 36.4 Å². The van der Waals surface area contributed by atoms with Gasteiger partial charge < -0.3 is 9.80 Å². The van der Waals surface area contributed by atoms with E-state index in [1.807, 2.05) is 23.1 Å². The zero-order valence-corrected chi connectivity index (χ0v) is 15.1. The number of nitrogens with one attached hydrogen (secondary N) is 1. The maximum atomic E-state index is 12.5. The van der Waals surface area contributed by atoms with Crippen LogP contribution in [0.5, 0.6) is 0 Å². The Bertz CT molecular complexity index is 751. The van der Waals surface area contributed by atoms with E-state index in [2.05, 4.69) is 6.07 Å². The number of halogens is 1. The van der Waals surface area contributed by atoms with Crippen molar-refractivity contribution in [1.29, 1.82) is 0 Å². The van der Waals surface area contributed by atoms with Gasteiger partial charge in [0.1, 0.15) is 6.54 Å². The largest absolute Gasteiger partial charge is 0.328 e. The molecule has 1 amide bonds. The average Bonchev–Trinajstić information content (AvgIpc) is 3.05. The van der Waals surface area contributed by atoms with Crippen LogP contribution in [-0.4, -0.2) is 42.8 Å². The van der Waals surface area contributed by atoms with E-state index in [1.54, 1.807) is 12.1 Å². The lowest BCUT2D eigenvalue weighted by Crippen LogP contribution is -3.13.